The van der Waals surface area contributed by atoms with Crippen molar-refractivity contribution >= 4 is 10.8 Å². The maximum Gasteiger partial charge on any atom is 0.158 e. The smallest absolute Gasteiger partial charge is 0.158 e. The van der Waals surface area contributed by atoms with Gasteiger partial charge in [0.15, 0.2) is 11.5 Å². The van der Waals surface area contributed by atoms with Crippen molar-refractivity contribution in [2.45, 2.75) is 6.92 Å². The Morgan fingerprint density at radius 2 is 1.14 bits per heavy atom. The first-order chi connectivity index (χ1) is 6.58. The molecular weight excluding hydrogens is 180 g/mol. The molecule has 0 saturated carbocycles. The first kappa shape index (κ1) is 8.69. The lowest BCUT2D eigenvalue weighted by Crippen LogP contribution is -1.78. The van der Waals surface area contributed by atoms with E-state index in [9.17, 15) is 15.3 Å². The first-order valence-corrected chi connectivity index (χ1v) is 4.23. The molecule has 3 heteroatoms. The normalized spacial score (nSPS) is 10.6. The van der Waals surface area contributed by atoms with Crippen molar-refractivity contribution in [1.82, 2.24) is 0 Å². The number of fused-ring (bicyclic) bond motifs is 1. The molecule has 0 saturated heterocycles. The lowest BCUT2D eigenvalue weighted by molar-refractivity contribution is 0.405. The number of phenolic OH excluding ortho intramolecular Hbond substituents is 3. The van der Waals surface area contributed by atoms with Gasteiger partial charge in [0.05, 0.1) is 0 Å². The molecule has 2 aromatic rings. The summed E-state index contributed by atoms with van der Waals surface area (Å²) in [6.07, 6.45) is 0. The Labute approximate surface area is 80.9 Å². The minimum absolute atomic E-state index is 0.150. The number of hydrogen-bond donors (Lipinski definition) is 3. The minimum atomic E-state index is -0.180. The Morgan fingerprint density at radius 3 is 1.71 bits per heavy atom. The largest absolute Gasteiger partial charge is 0.508 e. The summed E-state index contributed by atoms with van der Waals surface area (Å²) in [6, 6.07) is 6.20. The van der Waals surface area contributed by atoms with Gasteiger partial charge in [0.2, 0.25) is 0 Å². The van der Waals surface area contributed by atoms with E-state index >= 15 is 0 Å². The van der Waals surface area contributed by atoms with E-state index in [1.165, 1.54) is 12.1 Å². The number of aromatic hydroxyl groups is 3. The zero-order valence-electron chi connectivity index (χ0n) is 7.65. The third-order valence-electron chi connectivity index (χ3n) is 2.25. The summed E-state index contributed by atoms with van der Waals surface area (Å²) in [5.41, 5.74) is 0.739. The van der Waals surface area contributed by atoms with Crippen LogP contribution in [0.2, 0.25) is 0 Å². The maximum absolute atomic E-state index is 9.43. The topological polar surface area (TPSA) is 60.7 Å². The van der Waals surface area contributed by atoms with Crippen LogP contribution in [0, 0.1) is 6.92 Å². The van der Waals surface area contributed by atoms with Crippen molar-refractivity contribution in [2.24, 2.45) is 0 Å². The third kappa shape index (κ3) is 1.23. The monoisotopic (exact) mass is 190 g/mol. The highest BCUT2D eigenvalue weighted by molar-refractivity contribution is 5.87. The van der Waals surface area contributed by atoms with E-state index in [0.29, 0.717) is 5.39 Å². The van der Waals surface area contributed by atoms with Crippen LogP contribution in [0.1, 0.15) is 5.56 Å². The summed E-state index contributed by atoms with van der Waals surface area (Å²) in [6.45, 7) is 1.78. The summed E-state index contributed by atoms with van der Waals surface area (Å²) in [7, 11) is 0. The molecule has 14 heavy (non-hydrogen) atoms. The van der Waals surface area contributed by atoms with Gasteiger partial charge in [0.1, 0.15) is 5.75 Å². The molecule has 2 aromatic carbocycles. The molecule has 0 fully saturated rings. The van der Waals surface area contributed by atoms with Crippen molar-refractivity contribution in [2.75, 3.05) is 0 Å². The fraction of sp³-hybridized carbons (Fsp3) is 0.0909. The lowest BCUT2D eigenvalue weighted by Gasteiger charge is -2.04. The molecule has 2 rings (SSSR count). The number of hydrogen-bond acceptors (Lipinski definition) is 3. The Kier molecular flexibility index (Phi) is 1.74. The van der Waals surface area contributed by atoms with Crippen LogP contribution >= 0.6 is 0 Å². The highest BCUT2D eigenvalue weighted by Gasteiger charge is 2.04. The number of aryl methyl sites for hydroxylation is 1. The summed E-state index contributed by atoms with van der Waals surface area (Å²) < 4.78 is 0. The van der Waals surface area contributed by atoms with Crippen LogP contribution < -0.4 is 0 Å². The molecule has 72 valence electrons. The van der Waals surface area contributed by atoms with Gasteiger partial charge in [-0.15, -0.1) is 0 Å². The molecule has 0 atom stereocenters. The van der Waals surface area contributed by atoms with E-state index in [1.807, 2.05) is 0 Å². The van der Waals surface area contributed by atoms with Crippen LogP contribution in [0.25, 0.3) is 10.8 Å². The second kappa shape index (κ2) is 2.80. The van der Waals surface area contributed by atoms with Crippen molar-refractivity contribution < 1.29 is 15.3 Å². The zero-order valence-corrected chi connectivity index (χ0v) is 7.65. The molecular formula is C11H10O3. The summed E-state index contributed by atoms with van der Waals surface area (Å²) in [5.74, 6) is -0.147. The van der Waals surface area contributed by atoms with Gasteiger partial charge in [-0.3, -0.25) is 0 Å². The van der Waals surface area contributed by atoms with Crippen LogP contribution in [0.5, 0.6) is 17.2 Å². The van der Waals surface area contributed by atoms with E-state index in [0.717, 1.165) is 10.9 Å². The number of phenols is 3. The molecule has 0 radical (unpaired) electrons. The van der Waals surface area contributed by atoms with E-state index < -0.39 is 0 Å². The second-order valence-electron chi connectivity index (χ2n) is 3.33. The summed E-state index contributed by atoms with van der Waals surface area (Å²) in [5, 5.41) is 29.4. The van der Waals surface area contributed by atoms with Gasteiger partial charge < -0.3 is 15.3 Å². The highest BCUT2D eigenvalue weighted by Crippen LogP contribution is 2.33. The first-order valence-electron chi connectivity index (χ1n) is 4.23. The molecule has 3 N–H and O–H groups in total. The molecule has 0 bridgehead atoms. The van der Waals surface area contributed by atoms with Crippen LogP contribution in [-0.2, 0) is 0 Å². The Bertz CT molecular complexity index is 414. The lowest BCUT2D eigenvalue weighted by atomic mass is 10.1. The molecule has 0 aliphatic rings. The van der Waals surface area contributed by atoms with Gasteiger partial charge in [-0.2, -0.15) is 0 Å². The van der Waals surface area contributed by atoms with E-state index in [2.05, 4.69) is 0 Å². The second-order valence-corrected chi connectivity index (χ2v) is 3.33. The number of benzene rings is 2. The maximum atomic E-state index is 9.43. The van der Waals surface area contributed by atoms with Gasteiger partial charge in [0.25, 0.3) is 0 Å². The molecule has 0 aliphatic carbocycles. The molecule has 3 nitrogen and oxygen atoms in total. The van der Waals surface area contributed by atoms with E-state index in [-0.39, 0.29) is 17.2 Å². The highest BCUT2D eigenvalue weighted by atomic mass is 16.3. The zero-order chi connectivity index (χ0) is 10.3. The standard InChI is InChI=1S/C11H10O3/c1-6-2-7-4-10(13)11(14)5-8(7)3-9(6)12/h2-5,12-14H,1H3. The Balaban J connectivity index is 2.83. The van der Waals surface area contributed by atoms with Crippen LogP contribution in [-0.4, -0.2) is 15.3 Å². The fourth-order valence-corrected chi connectivity index (χ4v) is 1.43. The predicted octanol–water partition coefficient (Wildman–Crippen LogP) is 2.27. The van der Waals surface area contributed by atoms with Crippen LogP contribution in [0.15, 0.2) is 24.3 Å². The molecule has 0 spiro atoms. The summed E-state index contributed by atoms with van der Waals surface area (Å²) >= 11 is 0. The molecule has 0 unspecified atom stereocenters. The predicted molar refractivity (Wildman–Crippen MR) is 53.7 cm³/mol. The Hall–Kier alpha value is -1.90. The van der Waals surface area contributed by atoms with Crippen molar-refractivity contribution in [3.8, 4) is 17.2 Å². The SMILES string of the molecule is Cc1cc2cc(O)c(O)cc2cc1O. The van der Waals surface area contributed by atoms with E-state index in [4.69, 9.17) is 0 Å². The van der Waals surface area contributed by atoms with Gasteiger partial charge in [-0.25, -0.2) is 0 Å². The van der Waals surface area contributed by atoms with Crippen LogP contribution in [0.4, 0.5) is 0 Å². The minimum Gasteiger partial charge on any atom is -0.508 e. The van der Waals surface area contributed by atoms with Gasteiger partial charge in [0, 0.05) is 0 Å². The summed E-state index contributed by atoms with van der Waals surface area (Å²) in [4.78, 5) is 0. The van der Waals surface area contributed by atoms with Gasteiger partial charge in [-0.05, 0) is 47.5 Å². The molecule has 0 aliphatic heterocycles. The van der Waals surface area contributed by atoms with Crippen LogP contribution in [0.3, 0.4) is 0 Å². The average Bonchev–Trinajstić information content (AvgIpc) is 2.11. The Morgan fingerprint density at radius 1 is 0.714 bits per heavy atom. The molecule has 0 aromatic heterocycles. The quantitative estimate of drug-likeness (QED) is 0.558. The van der Waals surface area contributed by atoms with E-state index in [1.54, 1.807) is 19.1 Å². The van der Waals surface area contributed by atoms with Crippen molar-refractivity contribution in [1.29, 1.82) is 0 Å². The van der Waals surface area contributed by atoms with Gasteiger partial charge in [-0.1, -0.05) is 0 Å². The fourth-order valence-electron chi connectivity index (χ4n) is 1.43. The molecule has 0 heterocycles. The number of rotatable bonds is 0. The van der Waals surface area contributed by atoms with Gasteiger partial charge >= 0.3 is 0 Å². The van der Waals surface area contributed by atoms with Crippen molar-refractivity contribution in [3.05, 3.63) is 29.8 Å². The molecule has 0 amide bonds. The third-order valence-corrected chi connectivity index (χ3v) is 2.25. The average molecular weight is 190 g/mol. The van der Waals surface area contributed by atoms with Crippen molar-refractivity contribution in [3.63, 3.8) is 0 Å².